The Bertz CT molecular complexity index is 498. The fraction of sp³-hybridized carbons (Fsp3) is 0.632. The van der Waals surface area contributed by atoms with Crippen LogP contribution in [0.1, 0.15) is 31.7 Å². The molecule has 1 fully saturated rings. The van der Waals surface area contributed by atoms with E-state index in [-0.39, 0.29) is 17.8 Å². The van der Waals surface area contributed by atoms with Crippen molar-refractivity contribution in [3.63, 3.8) is 0 Å². The molecule has 1 saturated heterocycles. The van der Waals surface area contributed by atoms with Crippen LogP contribution in [0.3, 0.4) is 0 Å². The molecule has 0 aromatic heterocycles. The fourth-order valence-electron chi connectivity index (χ4n) is 3.27. The minimum Gasteiger partial charge on any atom is -0.354 e. The normalized spacial score (nSPS) is 17.6. The second-order valence-corrected chi connectivity index (χ2v) is 6.72. The Morgan fingerprint density at radius 1 is 1.25 bits per heavy atom. The second-order valence-electron chi connectivity index (χ2n) is 6.72. The highest BCUT2D eigenvalue weighted by molar-refractivity contribution is 5.81. The Hall–Kier alpha value is -1.46. The van der Waals surface area contributed by atoms with Gasteiger partial charge in [0.2, 0.25) is 5.91 Å². The average molecular weight is 335 g/mol. The van der Waals surface area contributed by atoms with Gasteiger partial charge < -0.3 is 10.6 Å². The molecule has 0 saturated carbocycles. The van der Waals surface area contributed by atoms with Crippen LogP contribution in [-0.4, -0.2) is 50.1 Å². The maximum absolute atomic E-state index is 12.9. The van der Waals surface area contributed by atoms with Gasteiger partial charge in [-0.1, -0.05) is 12.1 Å². The van der Waals surface area contributed by atoms with E-state index in [1.54, 1.807) is 12.1 Å². The van der Waals surface area contributed by atoms with E-state index in [0.717, 1.165) is 37.5 Å². The van der Waals surface area contributed by atoms with Gasteiger partial charge >= 0.3 is 0 Å². The molecule has 0 radical (unpaired) electrons. The standard InChI is InChI=1S/C19H30FN3O/c1-15(23-13-9-17(10-14-23)7-11-21-2)19(24)22-12-8-16-3-5-18(20)6-4-16/h3-6,15,17,21H,7-14H2,1-2H3,(H,22,24). The number of rotatable bonds is 8. The van der Waals surface area contributed by atoms with E-state index in [4.69, 9.17) is 0 Å². The zero-order valence-corrected chi connectivity index (χ0v) is 14.9. The Balaban J connectivity index is 1.67. The second kappa shape index (κ2) is 9.74. The third kappa shape index (κ3) is 5.87. The third-order valence-electron chi connectivity index (χ3n) is 5.01. The molecule has 5 heteroatoms. The summed E-state index contributed by atoms with van der Waals surface area (Å²) >= 11 is 0. The van der Waals surface area contributed by atoms with E-state index in [9.17, 15) is 9.18 Å². The lowest BCUT2D eigenvalue weighted by Gasteiger charge is -2.35. The van der Waals surface area contributed by atoms with Crippen molar-refractivity contribution in [2.24, 2.45) is 5.92 Å². The maximum Gasteiger partial charge on any atom is 0.237 e. The first-order valence-corrected chi connectivity index (χ1v) is 9.01. The van der Waals surface area contributed by atoms with Crippen molar-refractivity contribution in [1.82, 2.24) is 15.5 Å². The molecule has 0 aliphatic carbocycles. The molecule has 1 aromatic rings. The van der Waals surface area contributed by atoms with Gasteiger partial charge in [0.15, 0.2) is 0 Å². The lowest BCUT2D eigenvalue weighted by molar-refractivity contribution is -0.126. The van der Waals surface area contributed by atoms with E-state index in [1.807, 2.05) is 14.0 Å². The lowest BCUT2D eigenvalue weighted by atomic mass is 9.93. The van der Waals surface area contributed by atoms with E-state index in [1.165, 1.54) is 31.4 Å². The zero-order valence-electron chi connectivity index (χ0n) is 14.9. The molecule has 0 spiro atoms. The monoisotopic (exact) mass is 335 g/mol. The number of hydrogen-bond acceptors (Lipinski definition) is 3. The molecule has 1 aliphatic heterocycles. The first-order valence-electron chi connectivity index (χ1n) is 9.01. The molecule has 1 aromatic carbocycles. The molecular formula is C19H30FN3O. The Morgan fingerprint density at radius 3 is 2.54 bits per heavy atom. The number of hydrogen-bond donors (Lipinski definition) is 2. The minimum atomic E-state index is -0.227. The van der Waals surface area contributed by atoms with Crippen LogP contribution in [0.15, 0.2) is 24.3 Å². The largest absolute Gasteiger partial charge is 0.354 e. The molecule has 0 bridgehead atoms. The SMILES string of the molecule is CNCCC1CCN(C(C)C(=O)NCCc2ccc(F)cc2)CC1. The van der Waals surface area contributed by atoms with E-state index >= 15 is 0 Å². The smallest absolute Gasteiger partial charge is 0.237 e. The molecule has 134 valence electrons. The van der Waals surface area contributed by atoms with Gasteiger partial charge in [-0.2, -0.15) is 0 Å². The van der Waals surface area contributed by atoms with Crippen LogP contribution >= 0.6 is 0 Å². The van der Waals surface area contributed by atoms with Crippen molar-refractivity contribution in [2.45, 2.75) is 38.6 Å². The van der Waals surface area contributed by atoms with Gasteiger partial charge in [0.1, 0.15) is 5.82 Å². The molecular weight excluding hydrogens is 305 g/mol. The minimum absolute atomic E-state index is 0.0801. The van der Waals surface area contributed by atoms with Crippen molar-refractivity contribution in [2.75, 3.05) is 33.2 Å². The van der Waals surface area contributed by atoms with Crippen molar-refractivity contribution in [3.05, 3.63) is 35.6 Å². The lowest BCUT2D eigenvalue weighted by Crippen LogP contribution is -2.48. The highest BCUT2D eigenvalue weighted by Crippen LogP contribution is 2.21. The number of amides is 1. The fourth-order valence-corrected chi connectivity index (χ4v) is 3.27. The predicted octanol–water partition coefficient (Wildman–Crippen LogP) is 2.19. The number of carbonyl (C=O) groups excluding carboxylic acids is 1. The molecule has 1 atom stereocenters. The molecule has 2 rings (SSSR count). The average Bonchev–Trinajstić information content (AvgIpc) is 2.61. The maximum atomic E-state index is 12.9. The molecule has 24 heavy (non-hydrogen) atoms. The highest BCUT2D eigenvalue weighted by Gasteiger charge is 2.26. The van der Waals surface area contributed by atoms with Gasteiger partial charge in [0.05, 0.1) is 6.04 Å². The van der Waals surface area contributed by atoms with Crippen molar-refractivity contribution >= 4 is 5.91 Å². The summed E-state index contributed by atoms with van der Waals surface area (Å²) in [7, 11) is 1.99. The number of nitrogens with one attached hydrogen (secondary N) is 2. The van der Waals surface area contributed by atoms with Crippen LogP contribution in [0.5, 0.6) is 0 Å². The van der Waals surface area contributed by atoms with Gasteiger partial charge in [-0.25, -0.2) is 4.39 Å². The van der Waals surface area contributed by atoms with Gasteiger partial charge in [-0.3, -0.25) is 9.69 Å². The summed E-state index contributed by atoms with van der Waals surface area (Å²) in [6.07, 6.45) is 4.30. The summed E-state index contributed by atoms with van der Waals surface area (Å²) in [4.78, 5) is 14.6. The number of likely N-dealkylation sites (tertiary alicyclic amines) is 1. The predicted molar refractivity (Wildman–Crippen MR) is 95.4 cm³/mol. The topological polar surface area (TPSA) is 44.4 Å². The van der Waals surface area contributed by atoms with Crippen LogP contribution in [0, 0.1) is 11.7 Å². The quantitative estimate of drug-likeness (QED) is 0.765. The van der Waals surface area contributed by atoms with Gasteiger partial charge in [-0.15, -0.1) is 0 Å². The first-order chi connectivity index (χ1) is 11.6. The Morgan fingerprint density at radius 2 is 1.92 bits per heavy atom. The molecule has 2 N–H and O–H groups in total. The van der Waals surface area contributed by atoms with Crippen molar-refractivity contribution in [1.29, 1.82) is 0 Å². The molecule has 1 amide bonds. The van der Waals surface area contributed by atoms with Crippen LogP contribution in [0.25, 0.3) is 0 Å². The van der Waals surface area contributed by atoms with Gasteiger partial charge in [0.25, 0.3) is 0 Å². The molecule has 1 unspecified atom stereocenters. The Labute approximate surface area is 144 Å². The van der Waals surface area contributed by atoms with Crippen LogP contribution in [0.2, 0.25) is 0 Å². The number of nitrogens with zero attached hydrogens (tertiary/aromatic N) is 1. The summed E-state index contributed by atoms with van der Waals surface area (Å²) < 4.78 is 12.9. The van der Waals surface area contributed by atoms with E-state index in [2.05, 4.69) is 15.5 Å². The number of piperidine rings is 1. The van der Waals surface area contributed by atoms with E-state index < -0.39 is 0 Å². The van der Waals surface area contributed by atoms with Crippen molar-refractivity contribution in [3.8, 4) is 0 Å². The summed E-state index contributed by atoms with van der Waals surface area (Å²) in [5.74, 6) is 0.641. The van der Waals surface area contributed by atoms with Crippen LogP contribution in [0.4, 0.5) is 4.39 Å². The number of halogens is 1. The number of carbonyl (C=O) groups is 1. The molecule has 4 nitrogen and oxygen atoms in total. The molecule has 1 heterocycles. The molecule has 1 aliphatic rings. The summed E-state index contributed by atoms with van der Waals surface area (Å²) in [5.41, 5.74) is 1.04. The zero-order chi connectivity index (χ0) is 17.4. The van der Waals surface area contributed by atoms with Crippen LogP contribution < -0.4 is 10.6 Å². The van der Waals surface area contributed by atoms with Crippen LogP contribution in [-0.2, 0) is 11.2 Å². The summed E-state index contributed by atoms with van der Waals surface area (Å²) in [5, 5.41) is 6.21. The van der Waals surface area contributed by atoms with Gasteiger partial charge in [0, 0.05) is 6.54 Å². The van der Waals surface area contributed by atoms with E-state index in [0.29, 0.717) is 6.54 Å². The van der Waals surface area contributed by atoms with Gasteiger partial charge in [-0.05, 0) is 82.9 Å². The van der Waals surface area contributed by atoms with Crippen molar-refractivity contribution < 1.29 is 9.18 Å². The summed E-state index contributed by atoms with van der Waals surface area (Å²) in [6, 6.07) is 6.36. The first kappa shape index (κ1) is 18.9. The number of benzene rings is 1. The summed E-state index contributed by atoms with van der Waals surface area (Å²) in [6.45, 7) is 5.65. The Kier molecular flexibility index (Phi) is 7.66. The highest BCUT2D eigenvalue weighted by atomic mass is 19.1. The third-order valence-corrected chi connectivity index (χ3v) is 5.01.